The third-order valence-corrected chi connectivity index (χ3v) is 2.54. The van der Waals surface area contributed by atoms with Gasteiger partial charge in [0.05, 0.1) is 13.5 Å². The van der Waals surface area contributed by atoms with Gasteiger partial charge in [-0.25, -0.2) is 4.39 Å². The molecule has 1 rings (SSSR count). The van der Waals surface area contributed by atoms with Crippen molar-refractivity contribution in [3.8, 4) is 0 Å². The molecule has 0 heterocycles. The molecule has 0 bridgehead atoms. The van der Waals surface area contributed by atoms with Crippen molar-refractivity contribution < 1.29 is 18.7 Å². The number of benzene rings is 1. The van der Waals surface area contributed by atoms with E-state index < -0.39 is 0 Å². The van der Waals surface area contributed by atoms with Gasteiger partial charge in [0.1, 0.15) is 5.82 Å². The molecule has 0 aliphatic rings. The monoisotopic (exact) mass is 265 g/mol. The number of nitrogens with zero attached hydrogens (tertiary/aromatic N) is 1. The number of likely N-dealkylation sites (N-methyl/N-ethyl adjacent to an activating group) is 1. The highest BCUT2D eigenvalue weighted by molar-refractivity contribution is 5.91. The zero-order chi connectivity index (χ0) is 14.3. The van der Waals surface area contributed by atoms with E-state index in [2.05, 4.69) is 4.74 Å². The normalized spacial score (nSPS) is 10.5. The second kappa shape index (κ2) is 7.31. The van der Waals surface area contributed by atoms with Gasteiger partial charge in [-0.2, -0.15) is 0 Å². The van der Waals surface area contributed by atoms with Gasteiger partial charge in [0.25, 0.3) is 0 Å². The van der Waals surface area contributed by atoms with Gasteiger partial charge in [-0.1, -0.05) is 12.1 Å². The van der Waals surface area contributed by atoms with Crippen molar-refractivity contribution in [1.29, 1.82) is 0 Å². The molecule has 1 amide bonds. The zero-order valence-electron chi connectivity index (χ0n) is 10.9. The van der Waals surface area contributed by atoms with Crippen molar-refractivity contribution in [2.45, 2.75) is 6.42 Å². The third kappa shape index (κ3) is 5.33. The number of carbonyl (C=O) groups is 2. The third-order valence-electron chi connectivity index (χ3n) is 2.54. The number of amides is 1. The molecule has 1 aromatic carbocycles. The Kier molecular flexibility index (Phi) is 5.73. The van der Waals surface area contributed by atoms with Crippen LogP contribution in [0.25, 0.3) is 6.08 Å². The van der Waals surface area contributed by atoms with Crippen LogP contribution >= 0.6 is 0 Å². The van der Waals surface area contributed by atoms with Gasteiger partial charge in [-0.05, 0) is 23.8 Å². The summed E-state index contributed by atoms with van der Waals surface area (Å²) in [7, 11) is 2.90. The lowest BCUT2D eigenvalue weighted by atomic mass is 10.2. The van der Waals surface area contributed by atoms with Gasteiger partial charge in [-0.3, -0.25) is 9.59 Å². The highest BCUT2D eigenvalue weighted by Gasteiger charge is 2.07. The second-order valence-corrected chi connectivity index (χ2v) is 3.97. The van der Waals surface area contributed by atoms with E-state index in [4.69, 9.17) is 0 Å². The summed E-state index contributed by atoms with van der Waals surface area (Å²) in [6.45, 7) is 0.291. The maximum absolute atomic E-state index is 12.7. The molecular weight excluding hydrogens is 249 g/mol. The molecule has 0 atom stereocenters. The average molecular weight is 265 g/mol. The fourth-order valence-electron chi connectivity index (χ4n) is 1.34. The molecule has 0 aliphatic carbocycles. The molecule has 19 heavy (non-hydrogen) atoms. The molecule has 0 saturated heterocycles. The van der Waals surface area contributed by atoms with Crippen molar-refractivity contribution >= 4 is 18.0 Å². The predicted octanol–water partition coefficient (Wildman–Crippen LogP) is 1.86. The Morgan fingerprint density at radius 1 is 1.32 bits per heavy atom. The SMILES string of the molecule is COC(=O)CCN(C)C(=O)C=Cc1ccc(F)cc1. The summed E-state index contributed by atoms with van der Waals surface area (Å²) < 4.78 is 17.2. The first-order valence-electron chi connectivity index (χ1n) is 5.78. The van der Waals surface area contributed by atoms with Crippen LogP contribution in [-0.2, 0) is 14.3 Å². The number of hydrogen-bond donors (Lipinski definition) is 0. The van der Waals surface area contributed by atoms with Crippen LogP contribution in [0.15, 0.2) is 30.3 Å². The number of methoxy groups -OCH3 is 1. The van der Waals surface area contributed by atoms with Crippen LogP contribution in [0.2, 0.25) is 0 Å². The highest BCUT2D eigenvalue weighted by atomic mass is 19.1. The Labute approximate surface area is 111 Å². The Bertz CT molecular complexity index is 468. The number of esters is 1. The van der Waals surface area contributed by atoms with Crippen molar-refractivity contribution in [2.24, 2.45) is 0 Å². The van der Waals surface area contributed by atoms with Crippen LogP contribution < -0.4 is 0 Å². The Hall–Kier alpha value is -2.17. The summed E-state index contributed by atoms with van der Waals surface area (Å²) in [6.07, 6.45) is 3.13. The lowest BCUT2D eigenvalue weighted by molar-refractivity contribution is -0.141. The summed E-state index contributed by atoms with van der Waals surface area (Å²) in [6, 6.07) is 5.80. The first kappa shape index (κ1) is 14.9. The lowest BCUT2D eigenvalue weighted by Crippen LogP contribution is -2.27. The van der Waals surface area contributed by atoms with Crippen molar-refractivity contribution in [2.75, 3.05) is 20.7 Å². The molecule has 1 aromatic rings. The van der Waals surface area contributed by atoms with E-state index in [9.17, 15) is 14.0 Å². The van der Waals surface area contributed by atoms with E-state index in [0.29, 0.717) is 6.54 Å². The molecule has 0 fully saturated rings. The van der Waals surface area contributed by atoms with Gasteiger partial charge in [-0.15, -0.1) is 0 Å². The highest BCUT2D eigenvalue weighted by Crippen LogP contribution is 2.05. The second-order valence-electron chi connectivity index (χ2n) is 3.97. The van der Waals surface area contributed by atoms with E-state index in [1.807, 2.05) is 0 Å². The zero-order valence-corrected chi connectivity index (χ0v) is 10.9. The molecule has 0 aromatic heterocycles. The summed E-state index contributed by atoms with van der Waals surface area (Å²) >= 11 is 0. The molecule has 0 saturated carbocycles. The minimum absolute atomic E-state index is 0.156. The largest absolute Gasteiger partial charge is 0.469 e. The summed E-state index contributed by atoms with van der Waals surface area (Å²) in [4.78, 5) is 24.0. The molecule has 0 radical (unpaired) electrons. The minimum Gasteiger partial charge on any atom is -0.469 e. The molecule has 4 nitrogen and oxygen atoms in total. The number of halogens is 1. The van der Waals surface area contributed by atoms with Crippen LogP contribution in [0.3, 0.4) is 0 Å². The first-order chi connectivity index (χ1) is 9.02. The van der Waals surface area contributed by atoms with Crippen molar-refractivity contribution in [3.63, 3.8) is 0 Å². The number of ether oxygens (including phenoxy) is 1. The predicted molar refractivity (Wildman–Crippen MR) is 69.7 cm³/mol. The smallest absolute Gasteiger partial charge is 0.307 e. The van der Waals surface area contributed by atoms with Crippen molar-refractivity contribution in [3.05, 3.63) is 41.7 Å². The quantitative estimate of drug-likeness (QED) is 0.603. The molecule has 102 valence electrons. The van der Waals surface area contributed by atoms with E-state index in [-0.39, 0.29) is 24.1 Å². The van der Waals surface area contributed by atoms with E-state index in [1.54, 1.807) is 25.3 Å². The number of rotatable bonds is 5. The number of hydrogen-bond acceptors (Lipinski definition) is 3. The average Bonchev–Trinajstić information content (AvgIpc) is 2.43. The molecule has 0 unspecified atom stereocenters. The Morgan fingerprint density at radius 3 is 2.53 bits per heavy atom. The van der Waals surface area contributed by atoms with Gasteiger partial charge >= 0.3 is 5.97 Å². The fourth-order valence-corrected chi connectivity index (χ4v) is 1.34. The van der Waals surface area contributed by atoms with E-state index in [0.717, 1.165) is 5.56 Å². The molecule has 0 aliphatic heterocycles. The molecule has 0 spiro atoms. The topological polar surface area (TPSA) is 46.6 Å². The maximum Gasteiger partial charge on any atom is 0.307 e. The van der Waals surface area contributed by atoms with Crippen LogP contribution in [0.4, 0.5) is 4.39 Å². The van der Waals surface area contributed by atoms with Gasteiger partial charge in [0, 0.05) is 19.7 Å². The van der Waals surface area contributed by atoms with Crippen LogP contribution in [0.5, 0.6) is 0 Å². The summed E-state index contributed by atoms with van der Waals surface area (Å²) in [5.41, 5.74) is 0.733. The van der Waals surface area contributed by atoms with Crippen LogP contribution in [0, 0.1) is 5.82 Å². The van der Waals surface area contributed by atoms with Crippen LogP contribution in [-0.4, -0.2) is 37.5 Å². The van der Waals surface area contributed by atoms with Crippen molar-refractivity contribution in [1.82, 2.24) is 4.90 Å². The number of carbonyl (C=O) groups excluding carboxylic acids is 2. The summed E-state index contributed by atoms with van der Waals surface area (Å²) in [5.74, 6) is -0.908. The van der Waals surface area contributed by atoms with Crippen LogP contribution in [0.1, 0.15) is 12.0 Å². The molecule has 0 N–H and O–H groups in total. The van der Waals surface area contributed by atoms with Gasteiger partial charge in [0.15, 0.2) is 0 Å². The first-order valence-corrected chi connectivity index (χ1v) is 5.78. The van der Waals surface area contributed by atoms with Gasteiger partial charge < -0.3 is 9.64 Å². The Morgan fingerprint density at radius 2 is 1.95 bits per heavy atom. The fraction of sp³-hybridized carbons (Fsp3) is 0.286. The Balaban J connectivity index is 2.49. The maximum atomic E-state index is 12.7. The van der Waals surface area contributed by atoms with Gasteiger partial charge in [0.2, 0.25) is 5.91 Å². The summed E-state index contributed by atoms with van der Waals surface area (Å²) in [5, 5.41) is 0. The van der Waals surface area contributed by atoms with E-state index >= 15 is 0 Å². The van der Waals surface area contributed by atoms with E-state index in [1.165, 1.54) is 30.2 Å². The molecule has 5 heteroatoms. The lowest BCUT2D eigenvalue weighted by Gasteiger charge is -2.13. The molecular formula is C14H16FNO3. The standard InChI is InChI=1S/C14H16FNO3/c1-16(10-9-14(18)19-2)13(17)8-5-11-3-6-12(15)7-4-11/h3-8H,9-10H2,1-2H3. The minimum atomic E-state index is -0.359.